The third kappa shape index (κ3) is 15.3. The van der Waals surface area contributed by atoms with Crippen LogP contribution in [0.1, 0.15) is 19.8 Å². The van der Waals surface area contributed by atoms with Crippen molar-refractivity contribution in [3.63, 3.8) is 0 Å². The summed E-state index contributed by atoms with van der Waals surface area (Å²) in [5, 5.41) is 43.5. The second-order valence-electron chi connectivity index (χ2n) is 3.68. The molecule has 118 valence electrons. The molecule has 0 unspecified atom stereocenters. The predicted molar refractivity (Wildman–Crippen MR) is 66.1 cm³/mol. The van der Waals surface area contributed by atoms with Crippen LogP contribution in [-0.2, 0) is 19.2 Å². The molecule has 10 heteroatoms. The van der Waals surface area contributed by atoms with Crippen molar-refractivity contribution < 1.29 is 96.1 Å². The first-order chi connectivity index (χ1) is 9.55. The Kier molecular flexibility index (Phi) is 16.0. The Morgan fingerprint density at radius 3 is 1.64 bits per heavy atom. The number of carboxylic acid groups (broad SMARTS) is 4. The minimum atomic E-state index is -2.74. The minimum Gasteiger partial charge on any atom is -0.545 e. The first kappa shape index (κ1) is 25.9. The fourth-order valence-electron chi connectivity index (χ4n) is 0.959. The maximum absolute atomic E-state index is 10.3. The van der Waals surface area contributed by atoms with Gasteiger partial charge in [0.2, 0.25) is 0 Å². The largest absolute Gasteiger partial charge is 1.00 e. The maximum Gasteiger partial charge on any atom is 1.00 e. The van der Waals surface area contributed by atoms with E-state index < -0.39 is 42.3 Å². The quantitative estimate of drug-likeness (QED) is 0.202. The van der Waals surface area contributed by atoms with Crippen molar-refractivity contribution in [1.82, 2.24) is 0 Å². The summed E-state index contributed by atoms with van der Waals surface area (Å²) >= 11 is 0. The van der Waals surface area contributed by atoms with E-state index in [1.807, 2.05) is 0 Å². The van der Waals surface area contributed by atoms with Crippen LogP contribution >= 0.6 is 0 Å². The van der Waals surface area contributed by atoms with E-state index in [1.165, 1.54) is 6.08 Å². The average Bonchev–Trinajstić information content (AvgIpc) is 2.27. The zero-order valence-electron chi connectivity index (χ0n) is 12.1. The van der Waals surface area contributed by atoms with Gasteiger partial charge < -0.3 is 30.3 Å². The van der Waals surface area contributed by atoms with Crippen LogP contribution in [-0.4, -0.2) is 49.9 Å². The predicted octanol–water partition coefficient (Wildman–Crippen LogP) is -4.38. The summed E-state index contributed by atoms with van der Waals surface area (Å²) in [5.74, 6) is -6.18. The number of carboxylic acids is 4. The molecule has 0 aromatic carbocycles. The molecule has 0 atom stereocenters. The fraction of sp³-hybridized carbons (Fsp3) is 0.333. The van der Waals surface area contributed by atoms with Gasteiger partial charge in [0.05, 0.1) is 18.8 Å². The molecule has 0 saturated heterocycles. The molecule has 0 bridgehead atoms. The van der Waals surface area contributed by atoms with Gasteiger partial charge in [-0.05, 0) is 13.0 Å². The third-order valence-electron chi connectivity index (χ3n) is 1.82. The second-order valence-corrected chi connectivity index (χ2v) is 3.68. The summed E-state index contributed by atoms with van der Waals surface area (Å²) in [6.07, 6.45) is 3.45. The van der Waals surface area contributed by atoms with E-state index in [9.17, 15) is 24.3 Å². The van der Waals surface area contributed by atoms with Crippen molar-refractivity contribution in [3.8, 4) is 0 Å². The zero-order valence-corrected chi connectivity index (χ0v) is 15.2. The fourth-order valence-corrected chi connectivity index (χ4v) is 0.959. The Labute approximate surface area is 168 Å². The summed E-state index contributed by atoms with van der Waals surface area (Å²) in [6.45, 7) is 1.81. The first-order valence-electron chi connectivity index (χ1n) is 5.45. The van der Waals surface area contributed by atoms with Crippen LogP contribution in [0, 0.1) is 0 Å². The Hall–Kier alpha value is -1.04. The molecule has 0 fully saturated rings. The SMILES string of the molecule is C/C=C/C=C/C(=O)[O-].O=C(O)CC(O)(CC(=O)O)C(=O)O.[K+]. The summed E-state index contributed by atoms with van der Waals surface area (Å²) in [5.41, 5.74) is -2.74. The average molecular weight is 342 g/mol. The standard InChI is InChI=1S/C6H8O7.C6H8O2.K/c7-3(8)1-6(13,5(11)12)2-4(9)10;1-2-3-4-5-6(7)8;/h13H,1-2H2,(H,7,8)(H,9,10)(H,11,12);2-5H,1H3,(H,7,8);/q;;+1/p-1/b;3-2+,5-4+;. The molecule has 0 aliphatic heterocycles. The Balaban J connectivity index is -0.000000348. The van der Waals surface area contributed by atoms with Gasteiger partial charge in [0.25, 0.3) is 0 Å². The van der Waals surface area contributed by atoms with E-state index in [0.29, 0.717) is 0 Å². The van der Waals surface area contributed by atoms with E-state index >= 15 is 0 Å². The van der Waals surface area contributed by atoms with Gasteiger partial charge in [-0.1, -0.05) is 18.2 Å². The molecule has 0 radical (unpaired) electrons. The molecule has 0 aromatic heterocycles. The summed E-state index contributed by atoms with van der Waals surface area (Å²) < 4.78 is 0. The number of aliphatic hydroxyl groups is 1. The van der Waals surface area contributed by atoms with Gasteiger partial charge in [-0.2, -0.15) is 0 Å². The van der Waals surface area contributed by atoms with Gasteiger partial charge in [0.15, 0.2) is 5.60 Å². The van der Waals surface area contributed by atoms with Crippen molar-refractivity contribution in [2.24, 2.45) is 0 Å². The van der Waals surface area contributed by atoms with Gasteiger partial charge in [-0.3, -0.25) is 9.59 Å². The van der Waals surface area contributed by atoms with Crippen LogP contribution in [0.25, 0.3) is 0 Å². The summed E-state index contributed by atoms with van der Waals surface area (Å²) in [6, 6.07) is 0. The Morgan fingerprint density at radius 1 is 1.00 bits per heavy atom. The maximum atomic E-state index is 10.3. The van der Waals surface area contributed by atoms with Crippen molar-refractivity contribution in [2.45, 2.75) is 25.4 Å². The molecular weight excluding hydrogens is 327 g/mol. The van der Waals surface area contributed by atoms with Crippen LogP contribution in [0.2, 0.25) is 0 Å². The number of allylic oxidation sites excluding steroid dienone is 3. The zero-order chi connectivity index (χ0) is 17.1. The summed E-state index contributed by atoms with van der Waals surface area (Å²) in [4.78, 5) is 40.1. The van der Waals surface area contributed by atoms with Gasteiger partial charge in [0.1, 0.15) is 0 Å². The van der Waals surface area contributed by atoms with Crippen molar-refractivity contribution in [2.75, 3.05) is 0 Å². The van der Waals surface area contributed by atoms with Crippen LogP contribution < -0.4 is 56.5 Å². The number of rotatable bonds is 7. The molecule has 22 heavy (non-hydrogen) atoms. The van der Waals surface area contributed by atoms with E-state index in [0.717, 1.165) is 6.08 Å². The Morgan fingerprint density at radius 2 is 1.41 bits per heavy atom. The van der Waals surface area contributed by atoms with Crippen molar-refractivity contribution in [3.05, 3.63) is 24.3 Å². The number of hydrogen-bond donors (Lipinski definition) is 4. The molecule has 0 spiro atoms. The first-order valence-corrected chi connectivity index (χ1v) is 5.45. The van der Waals surface area contributed by atoms with Gasteiger partial charge in [0, 0.05) is 0 Å². The van der Waals surface area contributed by atoms with Crippen molar-refractivity contribution >= 4 is 23.9 Å². The molecule has 4 N–H and O–H groups in total. The molecule has 0 aromatic rings. The number of carbonyl (C=O) groups excluding carboxylic acids is 1. The second kappa shape index (κ2) is 13.6. The Bertz CT molecular complexity index is 438. The van der Waals surface area contributed by atoms with Gasteiger partial charge in [-0.15, -0.1) is 0 Å². The van der Waals surface area contributed by atoms with E-state index in [2.05, 4.69) is 0 Å². The smallest absolute Gasteiger partial charge is 0.545 e. The molecule has 9 nitrogen and oxygen atoms in total. The number of hydrogen-bond acceptors (Lipinski definition) is 6. The third-order valence-corrected chi connectivity index (χ3v) is 1.82. The number of aliphatic carboxylic acids is 4. The van der Waals surface area contributed by atoms with Crippen LogP contribution in [0.5, 0.6) is 0 Å². The molecule has 0 rings (SSSR count). The van der Waals surface area contributed by atoms with Crippen LogP contribution in [0.15, 0.2) is 24.3 Å². The van der Waals surface area contributed by atoms with E-state index in [4.69, 9.17) is 20.4 Å². The van der Waals surface area contributed by atoms with Crippen molar-refractivity contribution in [1.29, 1.82) is 0 Å². The molecule has 0 aliphatic rings. The molecule has 0 amide bonds. The molecular formula is C12H15KO9. The van der Waals surface area contributed by atoms with Gasteiger partial charge in [-0.25, -0.2) is 4.79 Å². The van der Waals surface area contributed by atoms with E-state index in [1.54, 1.807) is 19.1 Å². The molecule has 0 heterocycles. The minimum absolute atomic E-state index is 0. The molecule has 0 aliphatic carbocycles. The molecule has 0 saturated carbocycles. The normalized spacial score (nSPS) is 10.5. The van der Waals surface area contributed by atoms with Crippen LogP contribution in [0.3, 0.4) is 0 Å². The van der Waals surface area contributed by atoms with E-state index in [-0.39, 0.29) is 51.4 Å². The summed E-state index contributed by atoms with van der Waals surface area (Å²) in [7, 11) is 0. The monoisotopic (exact) mass is 342 g/mol. The van der Waals surface area contributed by atoms with Crippen LogP contribution in [0.4, 0.5) is 0 Å². The van der Waals surface area contributed by atoms with Gasteiger partial charge >= 0.3 is 69.3 Å². The topological polar surface area (TPSA) is 172 Å². The number of carbonyl (C=O) groups is 4.